The van der Waals surface area contributed by atoms with E-state index in [1.54, 1.807) is 0 Å². The number of halogens is 2. The third-order valence-electron chi connectivity index (χ3n) is 4.02. The topological polar surface area (TPSA) is 98.7 Å². The number of nitrogens with one attached hydrogen (secondary N) is 2. The zero-order valence-electron chi connectivity index (χ0n) is 13.1. The fourth-order valence-electron chi connectivity index (χ4n) is 2.42. The maximum Gasteiger partial charge on any atom is 0.307 e. The van der Waals surface area contributed by atoms with Gasteiger partial charge in [-0.1, -0.05) is 0 Å². The van der Waals surface area contributed by atoms with Crippen LogP contribution in [0.5, 0.6) is 0 Å². The third-order valence-corrected chi connectivity index (χ3v) is 4.02. The molecule has 0 aromatic carbocycles. The van der Waals surface area contributed by atoms with Crippen molar-refractivity contribution in [2.45, 2.75) is 51.6 Å². The van der Waals surface area contributed by atoms with Crippen LogP contribution in [0.15, 0.2) is 0 Å². The minimum Gasteiger partial charge on any atom is -0.481 e. The Bertz CT molecular complexity index is 297. The number of hydrogen-bond acceptors (Lipinski definition) is 4. The molecule has 0 saturated carbocycles. The van der Waals surface area contributed by atoms with Gasteiger partial charge in [-0.3, -0.25) is 9.59 Å². The summed E-state index contributed by atoms with van der Waals surface area (Å²) in [5.74, 6) is -1.65. The lowest BCUT2D eigenvalue weighted by Gasteiger charge is -2.24. The SMILES string of the molecule is C[C@@H]1CC[C@@H](C(=O)O)CN1.C[C@H]1CC[C@H](C(=O)O)CN1.Cl.Cl. The number of carboxylic acid groups (broad SMARTS) is 2. The summed E-state index contributed by atoms with van der Waals surface area (Å²) in [6, 6.07) is 0.992. The van der Waals surface area contributed by atoms with Gasteiger partial charge in [0.1, 0.15) is 0 Å². The van der Waals surface area contributed by atoms with Gasteiger partial charge < -0.3 is 20.8 Å². The van der Waals surface area contributed by atoms with Crippen LogP contribution in [0.3, 0.4) is 0 Å². The van der Waals surface area contributed by atoms with Crippen molar-refractivity contribution in [1.82, 2.24) is 10.6 Å². The summed E-state index contributed by atoms with van der Waals surface area (Å²) in [5.41, 5.74) is 0. The summed E-state index contributed by atoms with van der Waals surface area (Å²) in [5, 5.41) is 23.4. The molecule has 2 aliphatic heterocycles. The minimum atomic E-state index is -0.667. The van der Waals surface area contributed by atoms with Gasteiger partial charge in [0.25, 0.3) is 0 Å². The smallest absolute Gasteiger partial charge is 0.307 e. The van der Waals surface area contributed by atoms with Crippen molar-refractivity contribution in [3.05, 3.63) is 0 Å². The van der Waals surface area contributed by atoms with Gasteiger partial charge in [0, 0.05) is 25.2 Å². The first-order valence-electron chi connectivity index (χ1n) is 7.32. The second-order valence-electron chi connectivity index (χ2n) is 5.84. The molecule has 8 heteroatoms. The monoisotopic (exact) mass is 358 g/mol. The molecule has 2 fully saturated rings. The van der Waals surface area contributed by atoms with Gasteiger partial charge in [-0.05, 0) is 39.5 Å². The number of piperidine rings is 2. The van der Waals surface area contributed by atoms with Crippen LogP contribution in [0.2, 0.25) is 0 Å². The molecule has 0 unspecified atom stereocenters. The molecule has 2 aliphatic rings. The fraction of sp³-hybridized carbons (Fsp3) is 0.857. The van der Waals surface area contributed by atoms with E-state index in [9.17, 15) is 9.59 Å². The Kier molecular flexibility index (Phi) is 12.9. The summed E-state index contributed by atoms with van der Waals surface area (Å²) in [6.45, 7) is 5.43. The van der Waals surface area contributed by atoms with E-state index in [0.29, 0.717) is 25.2 Å². The van der Waals surface area contributed by atoms with Crippen molar-refractivity contribution in [1.29, 1.82) is 0 Å². The Morgan fingerprint density at radius 2 is 1.09 bits per heavy atom. The second kappa shape index (κ2) is 11.9. The molecule has 4 N–H and O–H groups in total. The number of carbonyl (C=O) groups is 2. The molecule has 0 amide bonds. The minimum absolute atomic E-state index is 0. The van der Waals surface area contributed by atoms with E-state index in [1.807, 2.05) is 0 Å². The molecule has 0 spiro atoms. The molecule has 2 saturated heterocycles. The van der Waals surface area contributed by atoms with Crippen molar-refractivity contribution in [3.8, 4) is 0 Å². The van der Waals surface area contributed by atoms with Gasteiger partial charge in [-0.2, -0.15) is 0 Å². The Morgan fingerprint density at radius 1 is 0.773 bits per heavy atom. The summed E-state index contributed by atoms with van der Waals surface area (Å²) in [6.07, 6.45) is 3.61. The summed E-state index contributed by atoms with van der Waals surface area (Å²) < 4.78 is 0. The molecule has 0 aromatic heterocycles. The third kappa shape index (κ3) is 8.78. The van der Waals surface area contributed by atoms with Crippen LogP contribution in [-0.2, 0) is 9.59 Å². The average Bonchev–Trinajstić information content (AvgIpc) is 2.40. The molecule has 132 valence electrons. The van der Waals surface area contributed by atoms with Crippen molar-refractivity contribution < 1.29 is 19.8 Å². The largest absolute Gasteiger partial charge is 0.481 e. The van der Waals surface area contributed by atoms with E-state index >= 15 is 0 Å². The first-order chi connectivity index (χ1) is 9.40. The molecule has 0 bridgehead atoms. The zero-order chi connectivity index (χ0) is 15.1. The quantitative estimate of drug-likeness (QED) is 0.600. The van der Waals surface area contributed by atoms with Crippen LogP contribution >= 0.6 is 24.8 Å². The molecule has 0 aliphatic carbocycles. The van der Waals surface area contributed by atoms with Crippen LogP contribution in [0.1, 0.15) is 39.5 Å². The van der Waals surface area contributed by atoms with E-state index in [0.717, 1.165) is 25.7 Å². The molecule has 4 atom stereocenters. The first-order valence-corrected chi connectivity index (χ1v) is 7.32. The van der Waals surface area contributed by atoms with Gasteiger partial charge in [-0.15, -0.1) is 24.8 Å². The normalized spacial score (nSPS) is 30.6. The van der Waals surface area contributed by atoms with Crippen molar-refractivity contribution >= 4 is 36.8 Å². The number of aliphatic carboxylic acids is 2. The van der Waals surface area contributed by atoms with Crippen molar-refractivity contribution in [3.63, 3.8) is 0 Å². The highest BCUT2D eigenvalue weighted by molar-refractivity contribution is 5.85. The van der Waals surface area contributed by atoms with Gasteiger partial charge in [0.15, 0.2) is 0 Å². The predicted molar refractivity (Wildman–Crippen MR) is 90.1 cm³/mol. The Morgan fingerprint density at radius 3 is 1.27 bits per heavy atom. The first kappa shape index (κ1) is 23.7. The van der Waals surface area contributed by atoms with Crippen LogP contribution in [0.25, 0.3) is 0 Å². The average molecular weight is 359 g/mol. The number of hydrogen-bond donors (Lipinski definition) is 4. The highest BCUT2D eigenvalue weighted by Gasteiger charge is 2.23. The van der Waals surface area contributed by atoms with E-state index in [2.05, 4.69) is 24.5 Å². The van der Waals surface area contributed by atoms with Crippen LogP contribution in [0, 0.1) is 11.8 Å². The molecule has 0 aromatic rings. The Balaban J connectivity index is 0. The summed E-state index contributed by atoms with van der Waals surface area (Å²) in [4.78, 5) is 20.8. The van der Waals surface area contributed by atoms with E-state index in [1.165, 1.54) is 0 Å². The Hall–Kier alpha value is -0.560. The highest BCUT2D eigenvalue weighted by Crippen LogP contribution is 2.14. The van der Waals surface area contributed by atoms with Crippen LogP contribution in [0.4, 0.5) is 0 Å². The molecular formula is C14H28Cl2N2O4. The second-order valence-corrected chi connectivity index (χ2v) is 5.84. The standard InChI is InChI=1S/2C7H13NO2.2ClH/c2*1-5-2-3-6(4-8-5)7(9)10;;/h2*5-6,8H,2-4H2,1H3,(H,9,10);2*1H/t2*5-,6-;;/m10../s1. The van der Waals surface area contributed by atoms with Gasteiger partial charge in [-0.25, -0.2) is 0 Å². The Labute approximate surface area is 144 Å². The highest BCUT2D eigenvalue weighted by atomic mass is 35.5. The van der Waals surface area contributed by atoms with E-state index in [-0.39, 0.29) is 36.6 Å². The van der Waals surface area contributed by atoms with Crippen molar-refractivity contribution in [2.24, 2.45) is 11.8 Å². The van der Waals surface area contributed by atoms with Crippen LogP contribution in [-0.4, -0.2) is 47.3 Å². The van der Waals surface area contributed by atoms with E-state index in [4.69, 9.17) is 10.2 Å². The molecule has 2 heterocycles. The molecule has 6 nitrogen and oxygen atoms in total. The van der Waals surface area contributed by atoms with Crippen LogP contribution < -0.4 is 10.6 Å². The molecule has 2 rings (SSSR count). The lowest BCUT2D eigenvalue weighted by Crippen LogP contribution is -2.39. The maximum absolute atomic E-state index is 10.4. The van der Waals surface area contributed by atoms with Gasteiger partial charge in [0.05, 0.1) is 11.8 Å². The summed E-state index contributed by atoms with van der Waals surface area (Å²) >= 11 is 0. The lowest BCUT2D eigenvalue weighted by molar-refractivity contribution is -0.143. The molecule has 0 radical (unpaired) electrons. The fourth-order valence-corrected chi connectivity index (χ4v) is 2.42. The number of carboxylic acids is 2. The molecular weight excluding hydrogens is 331 g/mol. The predicted octanol–water partition coefficient (Wildman–Crippen LogP) is 1.76. The number of rotatable bonds is 2. The maximum atomic E-state index is 10.4. The van der Waals surface area contributed by atoms with E-state index < -0.39 is 11.9 Å². The van der Waals surface area contributed by atoms with Crippen molar-refractivity contribution in [2.75, 3.05) is 13.1 Å². The van der Waals surface area contributed by atoms with Gasteiger partial charge >= 0.3 is 11.9 Å². The lowest BCUT2D eigenvalue weighted by atomic mass is 9.96. The van der Waals surface area contributed by atoms with Gasteiger partial charge in [0.2, 0.25) is 0 Å². The summed E-state index contributed by atoms with van der Waals surface area (Å²) in [7, 11) is 0. The zero-order valence-corrected chi connectivity index (χ0v) is 14.7. The molecule has 22 heavy (non-hydrogen) atoms.